The van der Waals surface area contributed by atoms with Crippen molar-refractivity contribution in [2.45, 2.75) is 45.2 Å². The van der Waals surface area contributed by atoms with Gasteiger partial charge in [-0.15, -0.1) is 0 Å². The first-order chi connectivity index (χ1) is 15.3. The zero-order valence-corrected chi connectivity index (χ0v) is 19.1. The molecule has 2 aromatic rings. The fourth-order valence-electron chi connectivity index (χ4n) is 3.68. The smallest absolute Gasteiger partial charge is 0.321 e. The van der Waals surface area contributed by atoms with E-state index in [9.17, 15) is 14.4 Å². The number of nitrogens with zero attached hydrogens (tertiary/aromatic N) is 1. The largest absolute Gasteiger partial charge is 0.351 e. The predicted molar refractivity (Wildman–Crippen MR) is 126 cm³/mol. The van der Waals surface area contributed by atoms with Crippen LogP contribution in [-0.4, -0.2) is 47.9 Å². The van der Waals surface area contributed by atoms with Gasteiger partial charge in [0.15, 0.2) is 0 Å². The first kappa shape index (κ1) is 23.6. The normalized spacial score (nSPS) is 15.0. The maximum absolute atomic E-state index is 12.9. The lowest BCUT2D eigenvalue weighted by atomic mass is 10.0. The summed E-state index contributed by atoms with van der Waals surface area (Å²) < 4.78 is 0. The van der Waals surface area contributed by atoms with E-state index in [2.05, 4.69) is 16.0 Å². The summed E-state index contributed by atoms with van der Waals surface area (Å²) in [6.07, 6.45) is 1.72. The van der Waals surface area contributed by atoms with Crippen molar-refractivity contribution in [1.82, 2.24) is 15.5 Å². The molecule has 0 saturated carbocycles. The van der Waals surface area contributed by atoms with Gasteiger partial charge >= 0.3 is 6.03 Å². The van der Waals surface area contributed by atoms with Gasteiger partial charge in [0.25, 0.3) is 0 Å². The van der Waals surface area contributed by atoms with Gasteiger partial charge in [0.1, 0.15) is 6.04 Å². The van der Waals surface area contributed by atoms with E-state index < -0.39 is 6.04 Å². The third kappa shape index (κ3) is 6.99. The maximum atomic E-state index is 12.9. The number of anilines is 1. The molecule has 0 spiro atoms. The van der Waals surface area contributed by atoms with Crippen LogP contribution in [0.5, 0.6) is 0 Å². The molecule has 1 saturated heterocycles. The highest BCUT2D eigenvalue weighted by molar-refractivity contribution is 6.30. The van der Waals surface area contributed by atoms with Gasteiger partial charge < -0.3 is 20.9 Å². The minimum absolute atomic E-state index is 0.0450. The molecule has 1 heterocycles. The number of likely N-dealkylation sites (tertiary alicyclic amines) is 1. The van der Waals surface area contributed by atoms with Crippen molar-refractivity contribution < 1.29 is 14.4 Å². The van der Waals surface area contributed by atoms with Crippen molar-refractivity contribution in [1.29, 1.82) is 0 Å². The minimum Gasteiger partial charge on any atom is -0.351 e. The van der Waals surface area contributed by atoms with E-state index in [-0.39, 0.29) is 23.9 Å². The fourth-order valence-corrected chi connectivity index (χ4v) is 3.80. The Labute approximate surface area is 193 Å². The summed E-state index contributed by atoms with van der Waals surface area (Å²) in [7, 11) is 0. The van der Waals surface area contributed by atoms with Gasteiger partial charge in [-0.3, -0.25) is 9.59 Å². The molecule has 0 aromatic heterocycles. The van der Waals surface area contributed by atoms with Crippen molar-refractivity contribution in [2.24, 2.45) is 0 Å². The summed E-state index contributed by atoms with van der Waals surface area (Å²) in [4.78, 5) is 38.7. The third-order valence-electron chi connectivity index (χ3n) is 5.48. The molecular formula is C24H29ClN4O3. The molecule has 8 heteroatoms. The van der Waals surface area contributed by atoms with Crippen LogP contribution in [0.2, 0.25) is 5.02 Å². The summed E-state index contributed by atoms with van der Waals surface area (Å²) in [5.41, 5.74) is 2.81. The number of hydrogen-bond acceptors (Lipinski definition) is 3. The van der Waals surface area contributed by atoms with E-state index >= 15 is 0 Å². The highest BCUT2D eigenvalue weighted by atomic mass is 35.5. The van der Waals surface area contributed by atoms with Crippen molar-refractivity contribution in [3.05, 3.63) is 64.7 Å². The number of amides is 4. The average Bonchev–Trinajstić information content (AvgIpc) is 2.76. The summed E-state index contributed by atoms with van der Waals surface area (Å²) in [6.45, 7) is 4.48. The molecule has 32 heavy (non-hydrogen) atoms. The van der Waals surface area contributed by atoms with E-state index in [4.69, 9.17) is 11.6 Å². The van der Waals surface area contributed by atoms with Gasteiger partial charge in [0, 0.05) is 43.2 Å². The number of carbonyl (C=O) groups excluding carboxylic acids is 3. The van der Waals surface area contributed by atoms with Gasteiger partial charge in [0.05, 0.1) is 0 Å². The Hall–Kier alpha value is -3.06. The molecule has 1 atom stereocenters. The van der Waals surface area contributed by atoms with Crippen LogP contribution in [0, 0.1) is 6.92 Å². The lowest BCUT2D eigenvalue weighted by Crippen LogP contribution is -2.53. The van der Waals surface area contributed by atoms with E-state index in [0.29, 0.717) is 43.1 Å². The molecule has 0 aliphatic carbocycles. The highest BCUT2D eigenvalue weighted by Crippen LogP contribution is 2.16. The SMILES string of the molecule is CC(=O)N[C@H](Cc1ccc(C)cc1)C(=O)NC1CCN(C(=O)Nc2ccc(Cl)cc2)CC1. The molecule has 4 amide bonds. The van der Waals surface area contributed by atoms with Gasteiger partial charge in [-0.2, -0.15) is 0 Å². The number of piperidine rings is 1. The molecule has 1 fully saturated rings. The molecule has 0 bridgehead atoms. The van der Waals surface area contributed by atoms with Crippen LogP contribution < -0.4 is 16.0 Å². The van der Waals surface area contributed by atoms with Gasteiger partial charge in [0.2, 0.25) is 11.8 Å². The van der Waals surface area contributed by atoms with E-state index in [1.807, 2.05) is 31.2 Å². The van der Waals surface area contributed by atoms with Crippen molar-refractivity contribution in [2.75, 3.05) is 18.4 Å². The number of rotatable bonds is 6. The number of hydrogen-bond donors (Lipinski definition) is 3. The Kier molecular flexibility index (Phi) is 8.11. The zero-order valence-electron chi connectivity index (χ0n) is 18.4. The van der Waals surface area contributed by atoms with Gasteiger partial charge in [-0.25, -0.2) is 4.79 Å². The van der Waals surface area contributed by atoms with E-state index in [1.165, 1.54) is 6.92 Å². The van der Waals surface area contributed by atoms with E-state index in [0.717, 1.165) is 11.1 Å². The number of aryl methyl sites for hydroxylation is 1. The number of halogens is 1. The Morgan fingerprint density at radius 1 is 1.03 bits per heavy atom. The van der Waals surface area contributed by atoms with Crippen LogP contribution >= 0.6 is 11.6 Å². The van der Waals surface area contributed by atoms with Crippen molar-refractivity contribution in [3.8, 4) is 0 Å². The summed E-state index contributed by atoms with van der Waals surface area (Å²) >= 11 is 5.88. The molecule has 2 aromatic carbocycles. The Balaban J connectivity index is 1.50. The van der Waals surface area contributed by atoms with Crippen LogP contribution in [0.3, 0.4) is 0 Å². The monoisotopic (exact) mass is 456 g/mol. The molecule has 3 rings (SSSR count). The van der Waals surface area contributed by atoms with Crippen LogP contribution in [0.15, 0.2) is 48.5 Å². The second-order valence-electron chi connectivity index (χ2n) is 8.15. The lowest BCUT2D eigenvalue weighted by Gasteiger charge is -2.33. The van der Waals surface area contributed by atoms with Gasteiger partial charge in [-0.05, 0) is 49.6 Å². The van der Waals surface area contributed by atoms with E-state index in [1.54, 1.807) is 29.2 Å². The van der Waals surface area contributed by atoms with Gasteiger partial charge in [-0.1, -0.05) is 41.4 Å². The first-order valence-corrected chi connectivity index (χ1v) is 11.1. The summed E-state index contributed by atoms with van der Waals surface area (Å²) in [5, 5.41) is 9.27. The molecule has 1 aliphatic rings. The second-order valence-corrected chi connectivity index (χ2v) is 8.59. The molecule has 0 radical (unpaired) electrons. The Bertz CT molecular complexity index is 939. The highest BCUT2D eigenvalue weighted by Gasteiger charge is 2.27. The average molecular weight is 457 g/mol. The standard InChI is InChI=1S/C24H29ClN4O3/c1-16-3-5-18(6-4-16)15-22(26-17(2)30)23(31)27-21-11-13-29(14-12-21)24(32)28-20-9-7-19(25)8-10-20/h3-10,21-22H,11-15H2,1-2H3,(H,26,30)(H,27,31)(H,28,32)/t22-/m1/s1. The molecule has 7 nitrogen and oxygen atoms in total. The summed E-state index contributed by atoms with van der Waals surface area (Å²) in [6, 6.07) is 14.0. The Morgan fingerprint density at radius 3 is 2.25 bits per heavy atom. The number of urea groups is 1. The molecule has 3 N–H and O–H groups in total. The number of benzene rings is 2. The number of carbonyl (C=O) groups is 3. The number of nitrogens with one attached hydrogen (secondary N) is 3. The van der Waals surface area contributed by atoms with Crippen LogP contribution in [0.25, 0.3) is 0 Å². The van der Waals surface area contributed by atoms with Crippen LogP contribution in [-0.2, 0) is 16.0 Å². The lowest BCUT2D eigenvalue weighted by molar-refractivity contribution is -0.128. The maximum Gasteiger partial charge on any atom is 0.321 e. The molecule has 1 aliphatic heterocycles. The topological polar surface area (TPSA) is 90.5 Å². The van der Waals surface area contributed by atoms with Crippen molar-refractivity contribution in [3.63, 3.8) is 0 Å². The fraction of sp³-hybridized carbons (Fsp3) is 0.375. The first-order valence-electron chi connectivity index (χ1n) is 10.7. The van der Waals surface area contributed by atoms with Crippen molar-refractivity contribution >= 4 is 35.1 Å². The molecule has 170 valence electrons. The predicted octanol–water partition coefficient (Wildman–Crippen LogP) is 3.51. The Morgan fingerprint density at radius 2 is 1.66 bits per heavy atom. The molecular weight excluding hydrogens is 428 g/mol. The van der Waals surface area contributed by atoms with Crippen LogP contribution in [0.4, 0.5) is 10.5 Å². The minimum atomic E-state index is -0.638. The quantitative estimate of drug-likeness (QED) is 0.621. The van der Waals surface area contributed by atoms with Crippen LogP contribution in [0.1, 0.15) is 30.9 Å². The zero-order chi connectivity index (χ0) is 23.1. The summed E-state index contributed by atoms with van der Waals surface area (Å²) in [5.74, 6) is -0.448. The second kappa shape index (κ2) is 11.0. The molecule has 0 unspecified atom stereocenters. The third-order valence-corrected chi connectivity index (χ3v) is 5.73.